The Bertz CT molecular complexity index is 339. The lowest BCUT2D eigenvalue weighted by atomic mass is 9.82. The molecule has 0 unspecified atom stereocenters. The van der Waals surface area contributed by atoms with E-state index in [1.54, 1.807) is 12.1 Å². The molecule has 0 radical (unpaired) electrons. The predicted molar refractivity (Wildman–Crippen MR) is 64.6 cm³/mol. The third-order valence-corrected chi connectivity index (χ3v) is 3.88. The van der Waals surface area contributed by atoms with Crippen molar-refractivity contribution in [3.05, 3.63) is 34.3 Å². The summed E-state index contributed by atoms with van der Waals surface area (Å²) in [4.78, 5) is 0. The number of hydrogen-bond acceptors (Lipinski definition) is 0. The van der Waals surface area contributed by atoms with Gasteiger partial charge in [-0.25, -0.2) is 8.78 Å². The van der Waals surface area contributed by atoms with Crippen molar-refractivity contribution in [3.8, 4) is 0 Å². The van der Waals surface area contributed by atoms with Crippen LogP contribution in [0.4, 0.5) is 8.78 Å². The van der Waals surface area contributed by atoms with Gasteiger partial charge in [-0.3, -0.25) is 0 Å². The Kier molecular flexibility index (Phi) is 3.63. The smallest absolute Gasteiger partial charge is 0.201 e. The minimum absolute atomic E-state index is 0.155. The molecular weight excluding hydrogens is 274 g/mol. The molecule has 1 fully saturated rings. The van der Waals surface area contributed by atoms with Gasteiger partial charge >= 0.3 is 0 Å². The third kappa shape index (κ3) is 2.45. The van der Waals surface area contributed by atoms with Gasteiger partial charge in [-0.15, -0.1) is 0 Å². The lowest BCUT2D eigenvalue weighted by Gasteiger charge is -2.30. The van der Waals surface area contributed by atoms with Crippen molar-refractivity contribution in [1.29, 1.82) is 0 Å². The number of hydrogen-bond donors (Lipinski definition) is 0. The van der Waals surface area contributed by atoms with Crippen LogP contribution >= 0.6 is 15.9 Å². The largest absolute Gasteiger partial charge is 0.276 e. The topological polar surface area (TPSA) is 0 Å². The first kappa shape index (κ1) is 12.0. The fraction of sp³-hybridized carbons (Fsp3) is 0.538. The van der Waals surface area contributed by atoms with E-state index in [0.29, 0.717) is 12.8 Å². The highest BCUT2D eigenvalue weighted by atomic mass is 79.9. The SMILES string of the molecule is FC(F)(c1ccc(Br)cc1)C1CCCCC1. The molecule has 88 valence electrons. The molecule has 16 heavy (non-hydrogen) atoms. The molecule has 0 aromatic heterocycles. The summed E-state index contributed by atoms with van der Waals surface area (Å²) < 4.78 is 29.2. The number of alkyl halides is 2. The summed E-state index contributed by atoms with van der Waals surface area (Å²) in [5.41, 5.74) is 0.155. The Labute approximate surface area is 103 Å². The van der Waals surface area contributed by atoms with Crippen LogP contribution in [0.1, 0.15) is 37.7 Å². The van der Waals surface area contributed by atoms with Gasteiger partial charge in [-0.2, -0.15) is 0 Å². The molecular formula is C13H15BrF2. The summed E-state index contributed by atoms with van der Waals surface area (Å²) in [6, 6.07) is 6.43. The van der Waals surface area contributed by atoms with E-state index in [9.17, 15) is 8.78 Å². The molecule has 0 saturated heterocycles. The van der Waals surface area contributed by atoms with Crippen molar-refractivity contribution >= 4 is 15.9 Å². The molecule has 0 amide bonds. The highest BCUT2D eigenvalue weighted by molar-refractivity contribution is 9.10. The van der Waals surface area contributed by atoms with Gasteiger partial charge in [0.15, 0.2) is 0 Å². The summed E-state index contributed by atoms with van der Waals surface area (Å²) in [5, 5.41) is 0. The first-order chi connectivity index (χ1) is 7.60. The summed E-state index contributed by atoms with van der Waals surface area (Å²) in [6.07, 6.45) is 4.30. The molecule has 1 aliphatic carbocycles. The first-order valence-electron chi connectivity index (χ1n) is 5.74. The second kappa shape index (κ2) is 4.82. The maximum absolute atomic E-state index is 14.2. The lowest BCUT2D eigenvalue weighted by molar-refractivity contribution is -0.0777. The standard InChI is InChI=1S/C13H15BrF2/c14-12-8-6-11(7-9-12)13(15,16)10-4-2-1-3-5-10/h6-10H,1-5H2. The molecule has 0 aliphatic heterocycles. The molecule has 0 heterocycles. The van der Waals surface area contributed by atoms with Crippen LogP contribution in [0, 0.1) is 5.92 Å². The zero-order valence-electron chi connectivity index (χ0n) is 9.06. The van der Waals surface area contributed by atoms with Gasteiger partial charge in [0, 0.05) is 16.0 Å². The summed E-state index contributed by atoms with van der Waals surface area (Å²) in [6.45, 7) is 0. The lowest BCUT2D eigenvalue weighted by Crippen LogP contribution is -2.27. The van der Waals surface area contributed by atoms with Crippen LogP contribution < -0.4 is 0 Å². The molecule has 1 saturated carbocycles. The Morgan fingerprint density at radius 3 is 2.12 bits per heavy atom. The van der Waals surface area contributed by atoms with Gasteiger partial charge in [0.25, 0.3) is 5.92 Å². The van der Waals surface area contributed by atoms with Crippen molar-refractivity contribution in [2.75, 3.05) is 0 Å². The Hall–Kier alpha value is -0.440. The molecule has 0 spiro atoms. The predicted octanol–water partition coefficient (Wildman–Crippen LogP) is 5.12. The van der Waals surface area contributed by atoms with Crippen molar-refractivity contribution in [1.82, 2.24) is 0 Å². The zero-order chi connectivity index (χ0) is 11.6. The van der Waals surface area contributed by atoms with Gasteiger partial charge in [-0.05, 0) is 25.0 Å². The van der Waals surface area contributed by atoms with Crippen LogP contribution in [0.2, 0.25) is 0 Å². The van der Waals surface area contributed by atoms with E-state index in [2.05, 4.69) is 15.9 Å². The van der Waals surface area contributed by atoms with Crippen molar-refractivity contribution in [2.45, 2.75) is 38.0 Å². The number of benzene rings is 1. The fourth-order valence-electron chi connectivity index (χ4n) is 2.37. The molecule has 1 aliphatic rings. The highest BCUT2D eigenvalue weighted by Gasteiger charge is 2.41. The van der Waals surface area contributed by atoms with Crippen LogP contribution in [0.3, 0.4) is 0 Å². The third-order valence-electron chi connectivity index (χ3n) is 3.35. The summed E-state index contributed by atoms with van der Waals surface area (Å²) >= 11 is 3.26. The Morgan fingerprint density at radius 1 is 1.00 bits per heavy atom. The maximum Gasteiger partial charge on any atom is 0.276 e. The van der Waals surface area contributed by atoms with E-state index in [0.717, 1.165) is 23.7 Å². The number of rotatable bonds is 2. The maximum atomic E-state index is 14.2. The average Bonchev–Trinajstić information content (AvgIpc) is 2.31. The van der Waals surface area contributed by atoms with Crippen molar-refractivity contribution in [3.63, 3.8) is 0 Å². The molecule has 2 rings (SSSR count). The van der Waals surface area contributed by atoms with Gasteiger partial charge in [-0.1, -0.05) is 47.3 Å². The minimum atomic E-state index is -2.67. The normalized spacial score (nSPS) is 18.7. The monoisotopic (exact) mass is 288 g/mol. The van der Waals surface area contributed by atoms with E-state index in [1.165, 1.54) is 12.1 Å². The van der Waals surface area contributed by atoms with Gasteiger partial charge in [0.05, 0.1) is 0 Å². The quantitative estimate of drug-likeness (QED) is 0.708. The second-order valence-electron chi connectivity index (χ2n) is 4.46. The molecule has 0 atom stereocenters. The molecule has 3 heteroatoms. The van der Waals surface area contributed by atoms with Crippen LogP contribution in [0.15, 0.2) is 28.7 Å². The summed E-state index contributed by atoms with van der Waals surface area (Å²) in [7, 11) is 0. The minimum Gasteiger partial charge on any atom is -0.201 e. The van der Waals surface area contributed by atoms with Crippen LogP contribution in [-0.4, -0.2) is 0 Å². The fourth-order valence-corrected chi connectivity index (χ4v) is 2.64. The average molecular weight is 289 g/mol. The van der Waals surface area contributed by atoms with Crippen LogP contribution in [0.5, 0.6) is 0 Å². The highest BCUT2D eigenvalue weighted by Crippen LogP contribution is 2.43. The molecule has 1 aromatic carbocycles. The van der Waals surface area contributed by atoms with E-state index in [4.69, 9.17) is 0 Å². The molecule has 0 N–H and O–H groups in total. The van der Waals surface area contributed by atoms with Gasteiger partial charge in [0.1, 0.15) is 0 Å². The zero-order valence-corrected chi connectivity index (χ0v) is 10.6. The Balaban J connectivity index is 2.19. The molecule has 0 nitrogen and oxygen atoms in total. The first-order valence-corrected chi connectivity index (χ1v) is 6.54. The molecule has 1 aromatic rings. The van der Waals surface area contributed by atoms with E-state index in [-0.39, 0.29) is 5.56 Å². The summed E-state index contributed by atoms with van der Waals surface area (Å²) in [5.74, 6) is -3.14. The van der Waals surface area contributed by atoms with Crippen molar-refractivity contribution in [2.24, 2.45) is 5.92 Å². The van der Waals surface area contributed by atoms with Crippen molar-refractivity contribution < 1.29 is 8.78 Å². The van der Waals surface area contributed by atoms with E-state index >= 15 is 0 Å². The molecule has 0 bridgehead atoms. The van der Waals surface area contributed by atoms with Crippen LogP contribution in [-0.2, 0) is 5.92 Å². The number of halogens is 3. The second-order valence-corrected chi connectivity index (χ2v) is 5.38. The van der Waals surface area contributed by atoms with E-state index in [1.807, 2.05) is 0 Å². The Morgan fingerprint density at radius 2 is 1.56 bits per heavy atom. The van der Waals surface area contributed by atoms with Gasteiger partial charge in [0.2, 0.25) is 0 Å². The van der Waals surface area contributed by atoms with E-state index < -0.39 is 11.8 Å². The van der Waals surface area contributed by atoms with Gasteiger partial charge < -0.3 is 0 Å². The van der Waals surface area contributed by atoms with Crippen LogP contribution in [0.25, 0.3) is 0 Å².